The molecular formula is C61H114O6. The van der Waals surface area contributed by atoms with Gasteiger partial charge in [0, 0.05) is 19.3 Å². The van der Waals surface area contributed by atoms with Crippen LogP contribution in [0.2, 0.25) is 0 Å². The lowest BCUT2D eigenvalue weighted by atomic mass is 10.0. The van der Waals surface area contributed by atoms with Gasteiger partial charge in [0.1, 0.15) is 13.2 Å². The van der Waals surface area contributed by atoms with Gasteiger partial charge in [0.05, 0.1) is 0 Å². The smallest absolute Gasteiger partial charge is 0.306 e. The number of rotatable bonds is 55. The molecule has 0 aliphatic heterocycles. The maximum absolute atomic E-state index is 12.9. The van der Waals surface area contributed by atoms with Crippen molar-refractivity contribution in [2.45, 2.75) is 335 Å². The van der Waals surface area contributed by atoms with Crippen LogP contribution in [0.1, 0.15) is 329 Å². The Labute approximate surface area is 417 Å². The average molecular weight is 944 g/mol. The summed E-state index contributed by atoms with van der Waals surface area (Å²) in [6.07, 6.45) is 65.9. The number of esters is 3. The van der Waals surface area contributed by atoms with Crippen LogP contribution in [0.25, 0.3) is 0 Å². The Kier molecular flexibility index (Phi) is 54.7. The van der Waals surface area contributed by atoms with Crippen molar-refractivity contribution >= 4 is 17.9 Å². The van der Waals surface area contributed by atoms with Gasteiger partial charge in [-0.1, -0.05) is 263 Å². The van der Waals surface area contributed by atoms with E-state index in [-0.39, 0.29) is 31.1 Å². The minimum atomic E-state index is -0.772. The number of unbranched alkanes of at least 4 members (excludes halogenated alkanes) is 40. The van der Waals surface area contributed by atoms with E-state index < -0.39 is 6.10 Å². The van der Waals surface area contributed by atoms with E-state index in [0.717, 1.165) is 57.8 Å². The van der Waals surface area contributed by atoms with Gasteiger partial charge >= 0.3 is 17.9 Å². The highest BCUT2D eigenvalue weighted by Gasteiger charge is 2.19. The minimum absolute atomic E-state index is 0.0697. The third-order valence-electron chi connectivity index (χ3n) is 13.4. The molecule has 1 atom stereocenters. The summed E-state index contributed by atoms with van der Waals surface area (Å²) in [4.78, 5) is 38.2. The molecule has 0 spiro atoms. The Hall–Kier alpha value is -2.11. The fourth-order valence-corrected chi connectivity index (χ4v) is 8.91. The highest BCUT2D eigenvalue weighted by atomic mass is 16.6. The molecule has 394 valence electrons. The summed E-state index contributed by atoms with van der Waals surface area (Å²) in [7, 11) is 0. The first kappa shape index (κ1) is 64.9. The lowest BCUT2D eigenvalue weighted by molar-refractivity contribution is -0.167. The molecule has 1 unspecified atom stereocenters. The molecule has 6 nitrogen and oxygen atoms in total. The van der Waals surface area contributed by atoms with Gasteiger partial charge in [0.2, 0.25) is 0 Å². The fourth-order valence-electron chi connectivity index (χ4n) is 8.91. The fraction of sp³-hybridized carbons (Fsp3) is 0.885. The van der Waals surface area contributed by atoms with Gasteiger partial charge in [0.15, 0.2) is 6.10 Å². The molecule has 0 heterocycles. The molecule has 0 fully saturated rings. The summed E-state index contributed by atoms with van der Waals surface area (Å²) in [6.45, 7) is 6.68. The Balaban J connectivity index is 4.34. The van der Waals surface area contributed by atoms with Crippen molar-refractivity contribution in [2.24, 2.45) is 0 Å². The van der Waals surface area contributed by atoms with E-state index in [1.807, 2.05) is 0 Å². The number of hydrogen-bond acceptors (Lipinski definition) is 6. The maximum Gasteiger partial charge on any atom is 0.306 e. The third kappa shape index (κ3) is 54.7. The van der Waals surface area contributed by atoms with Gasteiger partial charge in [-0.3, -0.25) is 14.4 Å². The molecule has 0 aliphatic carbocycles. The Morgan fingerprint density at radius 3 is 0.746 bits per heavy atom. The molecule has 0 N–H and O–H groups in total. The number of ether oxygens (including phenoxy) is 3. The monoisotopic (exact) mass is 943 g/mol. The van der Waals surface area contributed by atoms with Crippen molar-refractivity contribution in [1.29, 1.82) is 0 Å². The standard InChI is InChI=1S/C61H114O6/c1-4-7-10-13-16-19-22-25-28-30-33-36-39-42-45-48-51-54-60(63)66-57-58(56-65-59(62)53-50-47-44-41-38-35-32-27-24-21-18-15-12-9-6-3)67-61(64)55-52-49-46-43-40-37-34-31-29-26-23-20-17-14-11-8-5-2/h25-26,28-29,58H,4-24,27,30-57H2,1-3H3/b28-25-,29-26-. The highest BCUT2D eigenvalue weighted by molar-refractivity contribution is 5.71. The first-order valence-corrected chi connectivity index (χ1v) is 29.8. The first-order chi connectivity index (χ1) is 33.0. The third-order valence-corrected chi connectivity index (χ3v) is 13.4. The molecule has 0 rings (SSSR count). The van der Waals surface area contributed by atoms with Crippen LogP contribution >= 0.6 is 0 Å². The SMILES string of the molecule is CCCCCCCC/C=C\CCCCCCCCCC(=O)OCC(COC(=O)CCCCCCCCCCCCCCCCC)OC(=O)CCCCCCCCC/C=C\CCCCCCCC. The molecule has 0 saturated heterocycles. The molecule has 0 radical (unpaired) electrons. The molecule has 0 aromatic rings. The topological polar surface area (TPSA) is 78.9 Å². The summed E-state index contributed by atoms with van der Waals surface area (Å²) in [5.41, 5.74) is 0. The van der Waals surface area contributed by atoms with Crippen molar-refractivity contribution in [1.82, 2.24) is 0 Å². The normalized spacial score (nSPS) is 12.1. The van der Waals surface area contributed by atoms with Crippen LogP contribution in [0.4, 0.5) is 0 Å². The van der Waals surface area contributed by atoms with Crippen molar-refractivity contribution in [3.05, 3.63) is 24.3 Å². The molecule has 0 amide bonds. The molecule has 0 aliphatic rings. The number of carbonyl (C=O) groups is 3. The van der Waals surface area contributed by atoms with E-state index in [1.165, 1.54) is 231 Å². The predicted octanol–water partition coefficient (Wildman–Crippen LogP) is 19.9. The van der Waals surface area contributed by atoms with Gasteiger partial charge in [-0.15, -0.1) is 0 Å². The van der Waals surface area contributed by atoms with Crippen molar-refractivity contribution < 1.29 is 28.6 Å². The maximum atomic E-state index is 12.9. The van der Waals surface area contributed by atoms with Crippen LogP contribution in [0.15, 0.2) is 24.3 Å². The van der Waals surface area contributed by atoms with E-state index in [0.29, 0.717) is 19.3 Å². The van der Waals surface area contributed by atoms with Crippen LogP contribution in [-0.4, -0.2) is 37.2 Å². The van der Waals surface area contributed by atoms with E-state index in [2.05, 4.69) is 45.1 Å². The van der Waals surface area contributed by atoms with E-state index in [1.54, 1.807) is 0 Å². The zero-order valence-electron chi connectivity index (χ0n) is 45.2. The summed E-state index contributed by atoms with van der Waals surface area (Å²) >= 11 is 0. The van der Waals surface area contributed by atoms with Crippen LogP contribution in [0.3, 0.4) is 0 Å². The van der Waals surface area contributed by atoms with Crippen LogP contribution < -0.4 is 0 Å². The van der Waals surface area contributed by atoms with Gasteiger partial charge in [-0.05, 0) is 70.6 Å². The average Bonchev–Trinajstić information content (AvgIpc) is 3.33. The van der Waals surface area contributed by atoms with E-state index >= 15 is 0 Å². The van der Waals surface area contributed by atoms with Gasteiger partial charge in [-0.25, -0.2) is 0 Å². The quantitative estimate of drug-likeness (QED) is 0.0262. The summed E-state index contributed by atoms with van der Waals surface area (Å²) in [5.74, 6) is -0.857. The van der Waals surface area contributed by atoms with Gasteiger partial charge in [0.25, 0.3) is 0 Å². The summed E-state index contributed by atoms with van der Waals surface area (Å²) in [5, 5.41) is 0. The van der Waals surface area contributed by atoms with E-state index in [9.17, 15) is 14.4 Å². The Morgan fingerprint density at radius 1 is 0.284 bits per heavy atom. The highest BCUT2D eigenvalue weighted by Crippen LogP contribution is 2.17. The van der Waals surface area contributed by atoms with Gasteiger partial charge in [-0.2, -0.15) is 0 Å². The molecule has 0 bridgehead atoms. The molecule has 0 aromatic carbocycles. The van der Waals surface area contributed by atoms with Crippen molar-refractivity contribution in [3.8, 4) is 0 Å². The predicted molar refractivity (Wildman–Crippen MR) is 289 cm³/mol. The minimum Gasteiger partial charge on any atom is -0.462 e. The van der Waals surface area contributed by atoms with Crippen LogP contribution in [-0.2, 0) is 28.6 Å². The molecule has 6 heteroatoms. The number of hydrogen-bond donors (Lipinski definition) is 0. The zero-order valence-corrected chi connectivity index (χ0v) is 45.2. The van der Waals surface area contributed by atoms with E-state index in [4.69, 9.17) is 14.2 Å². The second kappa shape index (κ2) is 56.5. The van der Waals surface area contributed by atoms with Gasteiger partial charge < -0.3 is 14.2 Å². The Bertz CT molecular complexity index is 1080. The molecule has 0 saturated carbocycles. The number of carbonyl (C=O) groups excluding carboxylic acids is 3. The lowest BCUT2D eigenvalue weighted by Gasteiger charge is -2.18. The second-order valence-electron chi connectivity index (χ2n) is 20.3. The molecule has 67 heavy (non-hydrogen) atoms. The zero-order chi connectivity index (χ0) is 48.6. The number of allylic oxidation sites excluding steroid dienone is 4. The molecular weight excluding hydrogens is 829 g/mol. The Morgan fingerprint density at radius 2 is 0.493 bits per heavy atom. The lowest BCUT2D eigenvalue weighted by Crippen LogP contribution is -2.30. The first-order valence-electron chi connectivity index (χ1n) is 29.8. The molecule has 0 aromatic heterocycles. The van der Waals surface area contributed by atoms with Crippen LogP contribution in [0, 0.1) is 0 Å². The largest absolute Gasteiger partial charge is 0.462 e. The van der Waals surface area contributed by atoms with Crippen molar-refractivity contribution in [2.75, 3.05) is 13.2 Å². The second-order valence-corrected chi connectivity index (χ2v) is 20.3. The van der Waals surface area contributed by atoms with Crippen molar-refractivity contribution in [3.63, 3.8) is 0 Å². The van der Waals surface area contributed by atoms with Crippen LogP contribution in [0.5, 0.6) is 0 Å². The summed E-state index contributed by atoms with van der Waals surface area (Å²) in [6, 6.07) is 0. The summed E-state index contributed by atoms with van der Waals surface area (Å²) < 4.78 is 16.9.